The Morgan fingerprint density at radius 2 is 1.76 bits per heavy atom. The molecule has 0 amide bonds. The molecule has 1 aliphatic rings. The number of aromatic nitrogens is 3. The van der Waals surface area contributed by atoms with Gasteiger partial charge in [0.05, 0.1) is 12.2 Å². The standard InChI is InChI=1S/C24H30N6O2S/c1-24(2,3)17-8-10-18(11-9-17)28-22-19-12-14-30(15-20(19)26-16-27-22)23-21(7-6-13-25-23)33(31,32)29(4)5/h6-11,13,16H,12,14-15H2,1-5H3,(H,26,27,28). The lowest BCUT2D eigenvalue weighted by atomic mass is 9.87. The first-order valence-corrected chi connectivity index (χ1v) is 12.3. The van der Waals surface area contributed by atoms with Crippen molar-refractivity contribution < 1.29 is 8.42 Å². The molecule has 0 saturated heterocycles. The Kier molecular flexibility index (Phi) is 6.11. The molecule has 8 nitrogen and oxygen atoms in total. The van der Waals surface area contributed by atoms with Gasteiger partial charge in [0.2, 0.25) is 10.0 Å². The summed E-state index contributed by atoms with van der Waals surface area (Å²) < 4.78 is 26.8. The summed E-state index contributed by atoms with van der Waals surface area (Å²) in [6.45, 7) is 7.66. The summed E-state index contributed by atoms with van der Waals surface area (Å²) in [5.41, 5.74) is 4.24. The number of anilines is 3. The smallest absolute Gasteiger partial charge is 0.246 e. The van der Waals surface area contributed by atoms with E-state index in [4.69, 9.17) is 0 Å². The summed E-state index contributed by atoms with van der Waals surface area (Å²) in [6, 6.07) is 11.6. The summed E-state index contributed by atoms with van der Waals surface area (Å²) in [6.07, 6.45) is 3.84. The van der Waals surface area contributed by atoms with Gasteiger partial charge in [-0.2, -0.15) is 0 Å². The molecule has 0 spiro atoms. The van der Waals surface area contributed by atoms with Gasteiger partial charge in [-0.25, -0.2) is 27.7 Å². The molecule has 0 aliphatic carbocycles. The fraction of sp³-hybridized carbons (Fsp3) is 0.375. The normalized spacial score (nSPS) is 14.3. The molecule has 174 valence electrons. The largest absolute Gasteiger partial charge is 0.349 e. The topological polar surface area (TPSA) is 91.3 Å². The van der Waals surface area contributed by atoms with Crippen molar-refractivity contribution in [2.24, 2.45) is 0 Å². The molecule has 0 saturated carbocycles. The summed E-state index contributed by atoms with van der Waals surface area (Å²) in [5.74, 6) is 1.23. The van der Waals surface area contributed by atoms with E-state index in [0.29, 0.717) is 25.3 Å². The molecule has 0 radical (unpaired) electrons. The highest BCUT2D eigenvalue weighted by Gasteiger charge is 2.28. The van der Waals surface area contributed by atoms with Crippen molar-refractivity contribution in [3.63, 3.8) is 0 Å². The van der Waals surface area contributed by atoms with Crippen molar-refractivity contribution in [3.8, 4) is 0 Å². The van der Waals surface area contributed by atoms with E-state index in [1.807, 2.05) is 4.90 Å². The molecule has 0 atom stereocenters. The zero-order chi connectivity index (χ0) is 23.8. The molecule has 9 heteroatoms. The van der Waals surface area contributed by atoms with Crippen LogP contribution in [0, 0.1) is 0 Å². The molecular weight excluding hydrogens is 436 g/mol. The zero-order valence-corrected chi connectivity index (χ0v) is 20.5. The maximum absolute atomic E-state index is 12.8. The van der Waals surface area contributed by atoms with Crippen LogP contribution in [0.25, 0.3) is 0 Å². The Balaban J connectivity index is 1.60. The molecule has 1 N–H and O–H groups in total. The van der Waals surface area contributed by atoms with E-state index in [1.165, 1.54) is 24.0 Å². The summed E-state index contributed by atoms with van der Waals surface area (Å²) in [5, 5.41) is 3.43. The molecule has 4 rings (SSSR count). The molecule has 2 aromatic heterocycles. The average Bonchev–Trinajstić information content (AvgIpc) is 2.78. The van der Waals surface area contributed by atoms with Crippen molar-refractivity contribution >= 4 is 27.3 Å². The van der Waals surface area contributed by atoms with Gasteiger partial charge >= 0.3 is 0 Å². The molecule has 1 aliphatic heterocycles. The zero-order valence-electron chi connectivity index (χ0n) is 19.7. The lowest BCUT2D eigenvalue weighted by molar-refractivity contribution is 0.519. The number of hydrogen-bond donors (Lipinski definition) is 1. The van der Waals surface area contributed by atoms with Crippen molar-refractivity contribution in [1.29, 1.82) is 0 Å². The second-order valence-corrected chi connectivity index (χ2v) is 11.5. The van der Waals surface area contributed by atoms with Crippen LogP contribution in [-0.4, -0.2) is 48.3 Å². The Morgan fingerprint density at radius 1 is 1.03 bits per heavy atom. The van der Waals surface area contributed by atoms with Gasteiger partial charge in [0, 0.05) is 38.1 Å². The first kappa shape index (κ1) is 23.1. The van der Waals surface area contributed by atoms with Crippen molar-refractivity contribution in [2.75, 3.05) is 30.9 Å². The molecule has 0 unspecified atom stereocenters. The Hall–Kier alpha value is -3.04. The minimum Gasteiger partial charge on any atom is -0.349 e. The maximum Gasteiger partial charge on any atom is 0.246 e. The second-order valence-electron chi connectivity index (χ2n) is 9.38. The van der Waals surface area contributed by atoms with Crippen LogP contribution in [0.3, 0.4) is 0 Å². The highest BCUT2D eigenvalue weighted by atomic mass is 32.2. The lowest BCUT2D eigenvalue weighted by Gasteiger charge is -2.31. The minimum absolute atomic E-state index is 0.0977. The Morgan fingerprint density at radius 3 is 2.42 bits per heavy atom. The minimum atomic E-state index is -3.61. The van der Waals surface area contributed by atoms with E-state index < -0.39 is 10.0 Å². The summed E-state index contributed by atoms with van der Waals surface area (Å²) in [7, 11) is -0.564. The van der Waals surface area contributed by atoms with Crippen LogP contribution in [0.5, 0.6) is 0 Å². The Bertz CT molecular complexity index is 1250. The van der Waals surface area contributed by atoms with E-state index >= 15 is 0 Å². The van der Waals surface area contributed by atoms with E-state index in [2.05, 4.69) is 65.3 Å². The van der Waals surface area contributed by atoms with Crippen LogP contribution in [0.1, 0.15) is 37.6 Å². The van der Waals surface area contributed by atoms with Gasteiger partial charge in [0.1, 0.15) is 22.9 Å². The van der Waals surface area contributed by atoms with Crippen LogP contribution >= 0.6 is 0 Å². The van der Waals surface area contributed by atoms with Crippen LogP contribution in [-0.2, 0) is 28.4 Å². The monoisotopic (exact) mass is 466 g/mol. The maximum atomic E-state index is 12.8. The van der Waals surface area contributed by atoms with Gasteiger partial charge < -0.3 is 10.2 Å². The molecule has 1 aromatic carbocycles. The molecular formula is C24H30N6O2S. The number of benzene rings is 1. The average molecular weight is 467 g/mol. The quantitative estimate of drug-likeness (QED) is 0.613. The van der Waals surface area contributed by atoms with Gasteiger partial charge in [-0.1, -0.05) is 32.9 Å². The highest BCUT2D eigenvalue weighted by Crippen LogP contribution is 2.31. The van der Waals surface area contributed by atoms with Gasteiger partial charge in [0.15, 0.2) is 0 Å². The van der Waals surface area contributed by atoms with E-state index in [9.17, 15) is 8.42 Å². The summed E-state index contributed by atoms with van der Waals surface area (Å²) in [4.78, 5) is 15.5. The fourth-order valence-corrected chi connectivity index (χ4v) is 4.91. The van der Waals surface area contributed by atoms with Gasteiger partial charge in [-0.05, 0) is 41.7 Å². The number of fused-ring (bicyclic) bond motifs is 1. The highest BCUT2D eigenvalue weighted by molar-refractivity contribution is 7.89. The van der Waals surface area contributed by atoms with Crippen LogP contribution in [0.4, 0.5) is 17.3 Å². The van der Waals surface area contributed by atoms with Crippen LogP contribution < -0.4 is 10.2 Å². The molecule has 3 heterocycles. The molecule has 0 fully saturated rings. The first-order chi connectivity index (χ1) is 15.6. The van der Waals surface area contributed by atoms with Gasteiger partial charge in [-0.15, -0.1) is 0 Å². The number of nitrogens with one attached hydrogen (secondary N) is 1. The Labute approximate surface area is 195 Å². The van der Waals surface area contributed by atoms with Gasteiger partial charge in [-0.3, -0.25) is 0 Å². The first-order valence-electron chi connectivity index (χ1n) is 10.9. The second kappa shape index (κ2) is 8.72. The SMILES string of the molecule is CN(C)S(=O)(=O)c1cccnc1N1CCc2c(ncnc2Nc2ccc(C(C)(C)C)cc2)C1. The third-order valence-electron chi connectivity index (χ3n) is 5.83. The van der Waals surface area contributed by atoms with Crippen molar-refractivity contribution in [3.05, 3.63) is 65.7 Å². The van der Waals surface area contributed by atoms with Crippen molar-refractivity contribution in [2.45, 2.75) is 44.0 Å². The van der Waals surface area contributed by atoms with Gasteiger partial charge in [0.25, 0.3) is 0 Å². The lowest BCUT2D eigenvalue weighted by Crippen LogP contribution is -2.34. The number of nitrogens with zero attached hydrogens (tertiary/aromatic N) is 5. The third kappa shape index (κ3) is 4.69. The van der Waals surface area contributed by atoms with E-state index in [-0.39, 0.29) is 10.3 Å². The van der Waals surface area contributed by atoms with Crippen LogP contribution in [0.15, 0.2) is 53.8 Å². The number of sulfonamides is 1. The molecule has 33 heavy (non-hydrogen) atoms. The predicted octanol–water partition coefficient (Wildman–Crippen LogP) is 3.73. The molecule has 3 aromatic rings. The van der Waals surface area contributed by atoms with E-state index in [1.54, 1.807) is 24.7 Å². The third-order valence-corrected chi connectivity index (χ3v) is 7.67. The summed E-state index contributed by atoms with van der Waals surface area (Å²) >= 11 is 0. The predicted molar refractivity (Wildman–Crippen MR) is 130 cm³/mol. The van der Waals surface area contributed by atoms with Crippen molar-refractivity contribution in [1.82, 2.24) is 19.3 Å². The number of pyridine rings is 1. The van der Waals surface area contributed by atoms with E-state index in [0.717, 1.165) is 22.8 Å². The fourth-order valence-electron chi connectivity index (χ4n) is 3.85. The molecule has 0 bridgehead atoms. The number of rotatable bonds is 5. The number of hydrogen-bond acceptors (Lipinski definition) is 7. The van der Waals surface area contributed by atoms with Crippen LogP contribution in [0.2, 0.25) is 0 Å².